The van der Waals surface area contributed by atoms with Crippen molar-refractivity contribution in [3.05, 3.63) is 12.3 Å². The molecule has 0 amide bonds. The zero-order valence-corrected chi connectivity index (χ0v) is 10.8. The van der Waals surface area contributed by atoms with Crippen LogP contribution in [0.25, 0.3) is 0 Å². The van der Waals surface area contributed by atoms with Crippen molar-refractivity contribution >= 4 is 11.9 Å². The van der Waals surface area contributed by atoms with Gasteiger partial charge in [0.15, 0.2) is 0 Å². The highest BCUT2D eigenvalue weighted by atomic mass is 32.2. The molecule has 2 heteroatoms. The van der Waals surface area contributed by atoms with Gasteiger partial charge in [0.05, 0.1) is 0 Å². The van der Waals surface area contributed by atoms with E-state index >= 15 is 0 Å². The van der Waals surface area contributed by atoms with Crippen LogP contribution in [-0.4, -0.2) is 16.6 Å². The minimum atomic E-state index is 0.895. The second kappa shape index (κ2) is 5.29. The first-order valence-corrected chi connectivity index (χ1v) is 7.26. The van der Waals surface area contributed by atoms with Gasteiger partial charge in [-0.3, -0.25) is 0 Å². The maximum Gasteiger partial charge on any atom is 0.0331 e. The van der Waals surface area contributed by atoms with Crippen LogP contribution in [0.1, 0.15) is 39.5 Å². The molecule has 15 heavy (non-hydrogen) atoms. The van der Waals surface area contributed by atoms with Gasteiger partial charge in [0.2, 0.25) is 0 Å². The van der Waals surface area contributed by atoms with Crippen LogP contribution in [0.2, 0.25) is 0 Å². The molecule has 0 N–H and O–H groups in total. The topological polar surface area (TPSA) is 3.24 Å². The smallest absolute Gasteiger partial charge is 0.0331 e. The summed E-state index contributed by atoms with van der Waals surface area (Å²) < 4.78 is 2.43. The van der Waals surface area contributed by atoms with Crippen LogP contribution in [0.5, 0.6) is 0 Å². The molecule has 0 bridgehead atoms. The first kappa shape index (κ1) is 11.4. The third kappa shape index (κ3) is 3.17. The fourth-order valence-electron chi connectivity index (χ4n) is 2.75. The molecule has 0 saturated heterocycles. The van der Waals surface area contributed by atoms with E-state index in [-0.39, 0.29) is 0 Å². The Morgan fingerprint density at radius 2 is 2.00 bits per heavy atom. The Hall–Kier alpha value is -0.110. The van der Waals surface area contributed by atoms with Gasteiger partial charge in [0.1, 0.15) is 0 Å². The monoisotopic (exact) mass is 225 g/mol. The molecule has 1 aliphatic heterocycles. The third-order valence-electron chi connectivity index (χ3n) is 3.88. The summed E-state index contributed by atoms with van der Waals surface area (Å²) in [7, 11) is 0. The standard InChI is InChI=1S/C13H23NS/c1-11(2)13-6-4-12(5-7-13)10-14-8-3-9-15-14/h3,8,11-13H,4-7,9-10H2,1-2H3. The summed E-state index contributed by atoms with van der Waals surface area (Å²) in [6, 6.07) is 0. The van der Waals surface area contributed by atoms with E-state index in [4.69, 9.17) is 0 Å². The van der Waals surface area contributed by atoms with Gasteiger partial charge in [-0.15, -0.1) is 0 Å². The molecule has 0 spiro atoms. The van der Waals surface area contributed by atoms with Gasteiger partial charge in [-0.25, -0.2) is 0 Å². The predicted octanol–water partition coefficient (Wildman–Crippen LogP) is 3.93. The van der Waals surface area contributed by atoms with E-state index < -0.39 is 0 Å². The lowest BCUT2D eigenvalue weighted by Gasteiger charge is -2.32. The fourth-order valence-corrected chi connectivity index (χ4v) is 3.60. The van der Waals surface area contributed by atoms with Crippen LogP contribution >= 0.6 is 11.9 Å². The Morgan fingerprint density at radius 3 is 2.53 bits per heavy atom. The van der Waals surface area contributed by atoms with Crippen molar-refractivity contribution in [3.63, 3.8) is 0 Å². The molecule has 1 aliphatic carbocycles. The minimum Gasteiger partial charge on any atom is -0.323 e. The van der Waals surface area contributed by atoms with Crippen LogP contribution < -0.4 is 0 Å². The molecular weight excluding hydrogens is 202 g/mol. The van der Waals surface area contributed by atoms with Crippen molar-refractivity contribution in [1.82, 2.24) is 4.31 Å². The van der Waals surface area contributed by atoms with Gasteiger partial charge in [0.25, 0.3) is 0 Å². The van der Waals surface area contributed by atoms with E-state index in [9.17, 15) is 0 Å². The van der Waals surface area contributed by atoms with Crippen molar-refractivity contribution in [2.45, 2.75) is 39.5 Å². The van der Waals surface area contributed by atoms with Crippen molar-refractivity contribution < 1.29 is 0 Å². The number of hydrogen-bond donors (Lipinski definition) is 0. The molecule has 0 unspecified atom stereocenters. The molecule has 0 radical (unpaired) electrons. The molecule has 1 fully saturated rings. The summed E-state index contributed by atoms with van der Waals surface area (Å²) in [6.45, 7) is 6.04. The zero-order valence-electron chi connectivity index (χ0n) is 9.98. The molecule has 2 rings (SSSR count). The van der Waals surface area contributed by atoms with Crippen LogP contribution in [-0.2, 0) is 0 Å². The van der Waals surface area contributed by atoms with E-state index in [1.54, 1.807) is 0 Å². The van der Waals surface area contributed by atoms with Crippen LogP contribution in [0.4, 0.5) is 0 Å². The van der Waals surface area contributed by atoms with E-state index in [1.807, 2.05) is 11.9 Å². The quantitative estimate of drug-likeness (QED) is 0.670. The van der Waals surface area contributed by atoms with Gasteiger partial charge in [-0.05, 0) is 55.4 Å². The Labute approximate surface area is 98.4 Å². The van der Waals surface area contributed by atoms with Crippen molar-refractivity contribution in [2.24, 2.45) is 17.8 Å². The molecule has 0 aromatic heterocycles. The summed E-state index contributed by atoms with van der Waals surface area (Å²) in [5.74, 6) is 4.03. The van der Waals surface area contributed by atoms with E-state index in [0.717, 1.165) is 17.8 Å². The maximum absolute atomic E-state index is 2.43. The molecule has 0 aromatic rings. The molecule has 0 atom stereocenters. The third-order valence-corrected chi connectivity index (χ3v) is 4.82. The fraction of sp³-hybridized carbons (Fsp3) is 0.846. The lowest BCUT2D eigenvalue weighted by molar-refractivity contribution is 0.213. The first-order chi connectivity index (χ1) is 7.25. The van der Waals surface area contributed by atoms with E-state index in [1.165, 1.54) is 38.0 Å². The molecule has 1 heterocycles. The molecule has 1 nitrogen and oxygen atoms in total. The summed E-state index contributed by atoms with van der Waals surface area (Å²) in [4.78, 5) is 0. The Balaban J connectivity index is 1.71. The van der Waals surface area contributed by atoms with E-state index in [0.29, 0.717) is 0 Å². The SMILES string of the molecule is CC(C)C1CCC(CN2C=CCS2)CC1. The average Bonchev–Trinajstić information content (AvgIpc) is 2.71. The second-order valence-electron chi connectivity index (χ2n) is 5.31. The van der Waals surface area contributed by atoms with Gasteiger partial charge < -0.3 is 4.31 Å². The van der Waals surface area contributed by atoms with Crippen molar-refractivity contribution in [1.29, 1.82) is 0 Å². The van der Waals surface area contributed by atoms with Crippen LogP contribution in [0.15, 0.2) is 12.3 Å². The molecule has 86 valence electrons. The summed E-state index contributed by atoms with van der Waals surface area (Å²) >= 11 is 1.97. The maximum atomic E-state index is 2.43. The number of nitrogens with zero attached hydrogens (tertiary/aromatic N) is 1. The van der Waals surface area contributed by atoms with Gasteiger partial charge in [-0.2, -0.15) is 0 Å². The normalized spacial score (nSPS) is 31.5. The van der Waals surface area contributed by atoms with Crippen LogP contribution in [0, 0.1) is 17.8 Å². The zero-order chi connectivity index (χ0) is 10.7. The summed E-state index contributed by atoms with van der Waals surface area (Å²) in [5, 5.41) is 0. The Bertz CT molecular complexity index is 217. The first-order valence-electron chi connectivity index (χ1n) is 6.32. The highest BCUT2D eigenvalue weighted by Crippen LogP contribution is 2.34. The van der Waals surface area contributed by atoms with Crippen molar-refractivity contribution in [2.75, 3.05) is 12.3 Å². The molecule has 2 aliphatic rings. The van der Waals surface area contributed by atoms with Gasteiger partial charge in [-0.1, -0.05) is 19.9 Å². The lowest BCUT2D eigenvalue weighted by atomic mass is 9.77. The average molecular weight is 225 g/mol. The highest BCUT2D eigenvalue weighted by molar-refractivity contribution is 7.97. The molecule has 1 saturated carbocycles. The number of hydrogen-bond acceptors (Lipinski definition) is 2. The highest BCUT2D eigenvalue weighted by Gasteiger charge is 2.24. The predicted molar refractivity (Wildman–Crippen MR) is 68.6 cm³/mol. The largest absolute Gasteiger partial charge is 0.323 e. The Morgan fingerprint density at radius 1 is 1.27 bits per heavy atom. The summed E-state index contributed by atoms with van der Waals surface area (Å²) in [5.41, 5.74) is 0. The molecular formula is C13H23NS. The minimum absolute atomic E-state index is 0.895. The number of rotatable bonds is 3. The molecule has 0 aromatic carbocycles. The van der Waals surface area contributed by atoms with Crippen molar-refractivity contribution in [3.8, 4) is 0 Å². The van der Waals surface area contributed by atoms with Crippen LogP contribution in [0.3, 0.4) is 0 Å². The van der Waals surface area contributed by atoms with E-state index in [2.05, 4.69) is 30.4 Å². The van der Waals surface area contributed by atoms with Gasteiger partial charge >= 0.3 is 0 Å². The van der Waals surface area contributed by atoms with Gasteiger partial charge in [0, 0.05) is 18.5 Å². The lowest BCUT2D eigenvalue weighted by Crippen LogP contribution is -2.25. The Kier molecular flexibility index (Phi) is 4.01. The summed E-state index contributed by atoms with van der Waals surface area (Å²) in [6.07, 6.45) is 10.4. The second-order valence-corrected chi connectivity index (χ2v) is 6.37.